The number of hydrogen-bond acceptors (Lipinski definition) is 4. The van der Waals surface area contributed by atoms with Crippen molar-refractivity contribution in [3.05, 3.63) is 46.8 Å². The van der Waals surface area contributed by atoms with Crippen molar-refractivity contribution in [1.29, 1.82) is 0 Å². The molecule has 0 unspecified atom stereocenters. The highest BCUT2D eigenvalue weighted by atomic mass is 16.5. The summed E-state index contributed by atoms with van der Waals surface area (Å²) >= 11 is 0. The molecule has 4 aliphatic carbocycles. The van der Waals surface area contributed by atoms with E-state index in [1.807, 2.05) is 6.08 Å². The first kappa shape index (κ1) is 19.2. The highest BCUT2D eigenvalue weighted by Gasteiger charge is 2.56. The zero-order chi connectivity index (χ0) is 20.3. The molecule has 0 saturated heterocycles. The molecule has 1 N–H and O–H groups in total. The Balaban J connectivity index is 1.72. The molecule has 0 amide bonds. The topological polar surface area (TPSA) is 63.6 Å². The summed E-state index contributed by atoms with van der Waals surface area (Å²) in [6.45, 7) is 8.02. The van der Waals surface area contributed by atoms with Crippen molar-refractivity contribution < 1.29 is 19.4 Å². The van der Waals surface area contributed by atoms with E-state index in [2.05, 4.69) is 32.9 Å². The summed E-state index contributed by atoms with van der Waals surface area (Å²) in [5.41, 5.74) is 3.50. The number of ketones is 1. The molecule has 0 radical (unpaired) electrons. The molecule has 0 heterocycles. The lowest BCUT2D eigenvalue weighted by Gasteiger charge is -2.51. The Labute approximate surface area is 167 Å². The van der Waals surface area contributed by atoms with Gasteiger partial charge in [-0.15, -0.1) is 0 Å². The molecule has 28 heavy (non-hydrogen) atoms. The van der Waals surface area contributed by atoms with Crippen molar-refractivity contribution in [3.63, 3.8) is 0 Å². The predicted molar refractivity (Wildman–Crippen MR) is 107 cm³/mol. The van der Waals surface area contributed by atoms with Gasteiger partial charge in [0.1, 0.15) is 12.4 Å². The van der Waals surface area contributed by atoms with Crippen LogP contribution in [0.3, 0.4) is 0 Å². The number of aliphatic hydroxyl groups excluding tert-OH is 1. The quantitative estimate of drug-likeness (QED) is 0.422. The first-order valence-corrected chi connectivity index (χ1v) is 10.4. The normalized spacial score (nSPS) is 40.7. The minimum atomic E-state index is -0.372. The van der Waals surface area contributed by atoms with Gasteiger partial charge in [0.25, 0.3) is 0 Å². The van der Waals surface area contributed by atoms with Gasteiger partial charge in [0, 0.05) is 12.3 Å². The molecule has 150 valence electrons. The molecule has 0 bridgehead atoms. The number of carbonyl (C=O) groups is 2. The summed E-state index contributed by atoms with van der Waals surface area (Å²) in [6.07, 6.45) is 11.9. The second-order valence-corrected chi connectivity index (χ2v) is 9.42. The summed E-state index contributed by atoms with van der Waals surface area (Å²) in [7, 11) is 0. The van der Waals surface area contributed by atoms with Crippen molar-refractivity contribution >= 4 is 11.8 Å². The monoisotopic (exact) mass is 382 g/mol. The predicted octanol–water partition coefficient (Wildman–Crippen LogP) is 4.84. The van der Waals surface area contributed by atoms with Crippen LogP contribution in [0.5, 0.6) is 0 Å². The van der Waals surface area contributed by atoms with Gasteiger partial charge in [0.2, 0.25) is 0 Å². The number of fused-ring (bicyclic) bond motifs is 5. The summed E-state index contributed by atoms with van der Waals surface area (Å²) in [5, 5.41) is 10.8. The lowest BCUT2D eigenvalue weighted by Crippen LogP contribution is -2.42. The lowest BCUT2D eigenvalue weighted by atomic mass is 9.53. The number of carbonyl (C=O) groups excluding carboxylic acids is 2. The molecule has 0 aromatic heterocycles. The summed E-state index contributed by atoms with van der Waals surface area (Å²) < 4.78 is 5.08. The number of hydrogen-bond donors (Lipinski definition) is 1. The van der Waals surface area contributed by atoms with Crippen LogP contribution >= 0.6 is 0 Å². The van der Waals surface area contributed by atoms with Crippen molar-refractivity contribution in [2.45, 2.75) is 53.4 Å². The van der Waals surface area contributed by atoms with E-state index in [-0.39, 0.29) is 40.9 Å². The SMILES string of the molecule is CC(=O)OCC(O)=C1[C@H](C)C[C@H]2[C@@H]3CCC4=CC(=O)C=C[C@]4(C)C3=CC[C@]12C. The number of esters is 1. The average molecular weight is 383 g/mol. The second kappa shape index (κ2) is 6.47. The third-order valence-corrected chi connectivity index (χ3v) is 7.78. The number of allylic oxidation sites excluding steroid dienone is 7. The van der Waals surface area contributed by atoms with E-state index in [1.165, 1.54) is 18.1 Å². The second-order valence-electron chi connectivity index (χ2n) is 9.42. The molecule has 4 rings (SSSR count). The highest BCUT2D eigenvalue weighted by Crippen LogP contribution is 2.65. The van der Waals surface area contributed by atoms with E-state index in [9.17, 15) is 14.7 Å². The van der Waals surface area contributed by atoms with Crippen LogP contribution in [0.25, 0.3) is 0 Å². The minimum absolute atomic E-state index is 0.0337. The van der Waals surface area contributed by atoms with E-state index in [1.54, 1.807) is 6.08 Å². The number of rotatable bonds is 2. The number of ether oxygens (including phenoxy) is 1. The maximum Gasteiger partial charge on any atom is 0.303 e. The van der Waals surface area contributed by atoms with Crippen LogP contribution in [0.4, 0.5) is 0 Å². The fraction of sp³-hybridized carbons (Fsp3) is 0.583. The van der Waals surface area contributed by atoms with E-state index < -0.39 is 0 Å². The molecule has 0 aliphatic heterocycles. The molecule has 2 fully saturated rings. The fourth-order valence-corrected chi connectivity index (χ4v) is 6.55. The van der Waals surface area contributed by atoms with Crippen molar-refractivity contribution in [2.75, 3.05) is 6.61 Å². The Morgan fingerprint density at radius 2 is 2.11 bits per heavy atom. The summed E-state index contributed by atoms with van der Waals surface area (Å²) in [5.74, 6) is 1.15. The Bertz CT molecular complexity index is 858. The minimum Gasteiger partial charge on any atom is -0.509 e. The van der Waals surface area contributed by atoms with Crippen molar-refractivity contribution in [2.24, 2.45) is 28.6 Å². The maximum absolute atomic E-state index is 11.9. The van der Waals surface area contributed by atoms with E-state index >= 15 is 0 Å². The van der Waals surface area contributed by atoms with Crippen LogP contribution in [0, 0.1) is 28.6 Å². The maximum atomic E-state index is 11.9. The van der Waals surface area contributed by atoms with Gasteiger partial charge < -0.3 is 9.84 Å². The molecule has 5 atom stereocenters. The van der Waals surface area contributed by atoms with Gasteiger partial charge in [-0.1, -0.05) is 37.1 Å². The average Bonchev–Trinajstić information content (AvgIpc) is 2.90. The third-order valence-electron chi connectivity index (χ3n) is 7.78. The van der Waals surface area contributed by atoms with Crippen LogP contribution < -0.4 is 0 Å². The Hall–Kier alpha value is -2.10. The summed E-state index contributed by atoms with van der Waals surface area (Å²) in [4.78, 5) is 23.1. The molecule has 0 spiro atoms. The molecule has 0 aromatic carbocycles. The lowest BCUT2D eigenvalue weighted by molar-refractivity contribution is -0.140. The van der Waals surface area contributed by atoms with Gasteiger partial charge in [-0.05, 0) is 73.5 Å². The van der Waals surface area contributed by atoms with E-state index in [0.29, 0.717) is 11.8 Å². The standard InChI is InChI=1S/C24H30O4/c1-14-11-20-18-6-5-16-12-17(26)7-9-23(16,3)19(18)8-10-24(20,4)22(14)21(27)13-28-15(2)25/h7-9,12,14,18,20,27H,5-6,10-11,13H2,1-4H3/t14-,18-,20+,23+,24+/m1/s1. The Morgan fingerprint density at radius 3 is 2.82 bits per heavy atom. The van der Waals surface area contributed by atoms with Gasteiger partial charge in [0.05, 0.1) is 0 Å². The molecule has 4 aliphatic rings. The van der Waals surface area contributed by atoms with Crippen LogP contribution in [-0.4, -0.2) is 23.5 Å². The van der Waals surface area contributed by atoms with Gasteiger partial charge in [-0.3, -0.25) is 9.59 Å². The largest absolute Gasteiger partial charge is 0.509 e. The summed E-state index contributed by atoms with van der Waals surface area (Å²) in [6, 6.07) is 0. The van der Waals surface area contributed by atoms with Crippen LogP contribution in [-0.2, 0) is 14.3 Å². The highest BCUT2D eigenvalue weighted by molar-refractivity contribution is 6.01. The fourth-order valence-electron chi connectivity index (χ4n) is 6.55. The van der Waals surface area contributed by atoms with E-state index in [4.69, 9.17) is 4.74 Å². The van der Waals surface area contributed by atoms with Gasteiger partial charge >= 0.3 is 5.97 Å². The van der Waals surface area contributed by atoms with Gasteiger partial charge in [-0.2, -0.15) is 0 Å². The Kier molecular flexibility index (Phi) is 4.44. The van der Waals surface area contributed by atoms with Crippen LogP contribution in [0.15, 0.2) is 46.8 Å². The molecule has 4 heteroatoms. The van der Waals surface area contributed by atoms with Gasteiger partial charge in [0.15, 0.2) is 5.78 Å². The molecule has 0 aromatic rings. The first-order valence-electron chi connectivity index (χ1n) is 10.4. The smallest absolute Gasteiger partial charge is 0.303 e. The molecule has 2 saturated carbocycles. The van der Waals surface area contributed by atoms with E-state index in [0.717, 1.165) is 31.3 Å². The van der Waals surface area contributed by atoms with Crippen molar-refractivity contribution in [3.8, 4) is 0 Å². The Morgan fingerprint density at radius 1 is 1.36 bits per heavy atom. The molecular weight excluding hydrogens is 352 g/mol. The third kappa shape index (κ3) is 2.72. The zero-order valence-electron chi connectivity index (χ0n) is 17.2. The molecule has 4 nitrogen and oxygen atoms in total. The van der Waals surface area contributed by atoms with Crippen LogP contribution in [0.1, 0.15) is 53.4 Å². The zero-order valence-corrected chi connectivity index (χ0v) is 17.2. The number of aliphatic hydroxyl groups is 1. The van der Waals surface area contributed by atoms with Gasteiger partial charge in [-0.25, -0.2) is 0 Å². The first-order chi connectivity index (χ1) is 13.2. The molecular formula is C24H30O4. The van der Waals surface area contributed by atoms with Crippen molar-refractivity contribution in [1.82, 2.24) is 0 Å². The van der Waals surface area contributed by atoms with Crippen LogP contribution in [0.2, 0.25) is 0 Å².